The van der Waals surface area contributed by atoms with Crippen molar-refractivity contribution in [1.29, 1.82) is 0 Å². The van der Waals surface area contributed by atoms with E-state index in [0.717, 1.165) is 24.8 Å². The molecule has 0 saturated carbocycles. The van der Waals surface area contributed by atoms with Gasteiger partial charge in [0, 0.05) is 18.7 Å². The van der Waals surface area contributed by atoms with E-state index in [1.807, 2.05) is 30.3 Å². The summed E-state index contributed by atoms with van der Waals surface area (Å²) in [5, 5.41) is 2.82. The molecule has 1 amide bonds. The third-order valence-electron chi connectivity index (χ3n) is 4.02. The molecule has 2 N–H and O–H groups in total. The number of amides is 1. The summed E-state index contributed by atoms with van der Waals surface area (Å²) in [5.74, 6) is -0.248. The molecule has 0 aromatic heterocycles. The summed E-state index contributed by atoms with van der Waals surface area (Å²) in [5.41, 5.74) is 1.42. The molecule has 6 heteroatoms. The number of sulfonamides is 1. The summed E-state index contributed by atoms with van der Waals surface area (Å²) in [6.45, 7) is 3.00. The molecule has 26 heavy (non-hydrogen) atoms. The van der Waals surface area contributed by atoms with E-state index >= 15 is 0 Å². The van der Waals surface area contributed by atoms with E-state index in [2.05, 4.69) is 17.0 Å². The average molecular weight is 375 g/mol. The van der Waals surface area contributed by atoms with Crippen molar-refractivity contribution < 1.29 is 13.2 Å². The highest BCUT2D eigenvalue weighted by Crippen LogP contribution is 2.12. The van der Waals surface area contributed by atoms with Gasteiger partial charge in [0.1, 0.15) is 0 Å². The standard InChI is InChI=1S/C20H26N2O3S/c1-2-3-7-14-21-20(23)18-11-8-12-19(16-18)26(24,25)22-15-13-17-9-5-4-6-10-17/h4-6,8-12,16,22H,2-3,7,13-15H2,1H3,(H,21,23). The Balaban J connectivity index is 1.95. The average Bonchev–Trinajstić information content (AvgIpc) is 2.66. The number of carbonyl (C=O) groups is 1. The molecule has 0 aliphatic heterocycles. The van der Waals surface area contributed by atoms with Crippen LogP contribution in [-0.4, -0.2) is 27.4 Å². The lowest BCUT2D eigenvalue weighted by atomic mass is 10.2. The van der Waals surface area contributed by atoms with Crippen LogP contribution in [0, 0.1) is 0 Å². The van der Waals surface area contributed by atoms with E-state index in [0.29, 0.717) is 25.1 Å². The molecule has 0 aliphatic carbocycles. The number of rotatable bonds is 10. The van der Waals surface area contributed by atoms with E-state index < -0.39 is 10.0 Å². The summed E-state index contributed by atoms with van der Waals surface area (Å²) < 4.78 is 27.5. The van der Waals surface area contributed by atoms with Crippen LogP contribution >= 0.6 is 0 Å². The molecule has 0 radical (unpaired) electrons. The summed E-state index contributed by atoms with van der Waals surface area (Å²) in [6.07, 6.45) is 3.66. The maximum absolute atomic E-state index is 12.5. The molecule has 0 atom stereocenters. The lowest BCUT2D eigenvalue weighted by Crippen LogP contribution is -2.27. The van der Waals surface area contributed by atoms with Gasteiger partial charge in [0.05, 0.1) is 4.90 Å². The molecule has 0 bridgehead atoms. The summed E-state index contributed by atoms with van der Waals surface area (Å²) in [4.78, 5) is 12.3. The Bertz CT molecular complexity index is 805. The maximum Gasteiger partial charge on any atom is 0.251 e. The predicted octanol–water partition coefficient (Wildman–Crippen LogP) is 3.13. The Kier molecular flexibility index (Phi) is 7.81. The fourth-order valence-corrected chi connectivity index (χ4v) is 3.62. The maximum atomic E-state index is 12.5. The molecule has 0 saturated heterocycles. The van der Waals surface area contributed by atoms with Gasteiger partial charge in [-0.1, -0.05) is 56.2 Å². The van der Waals surface area contributed by atoms with Crippen LogP contribution in [0.15, 0.2) is 59.5 Å². The number of carbonyl (C=O) groups excluding carboxylic acids is 1. The van der Waals surface area contributed by atoms with Crippen molar-refractivity contribution in [3.8, 4) is 0 Å². The van der Waals surface area contributed by atoms with Crippen LogP contribution in [0.25, 0.3) is 0 Å². The van der Waals surface area contributed by atoms with Gasteiger partial charge in [-0.3, -0.25) is 4.79 Å². The number of nitrogens with one attached hydrogen (secondary N) is 2. The van der Waals surface area contributed by atoms with Gasteiger partial charge < -0.3 is 5.32 Å². The minimum absolute atomic E-state index is 0.103. The van der Waals surface area contributed by atoms with E-state index in [1.54, 1.807) is 12.1 Å². The van der Waals surface area contributed by atoms with Crippen LogP contribution in [0.4, 0.5) is 0 Å². The first-order chi connectivity index (χ1) is 12.5. The highest BCUT2D eigenvalue weighted by Gasteiger charge is 2.15. The number of benzene rings is 2. The Morgan fingerprint density at radius 1 is 0.962 bits per heavy atom. The van der Waals surface area contributed by atoms with Crippen LogP contribution in [0.1, 0.15) is 42.1 Å². The zero-order valence-corrected chi connectivity index (χ0v) is 15.9. The number of hydrogen-bond acceptors (Lipinski definition) is 3. The SMILES string of the molecule is CCCCCNC(=O)c1cccc(S(=O)(=O)NCCc2ccccc2)c1. The molecule has 2 aromatic rings. The second-order valence-electron chi connectivity index (χ2n) is 6.12. The third-order valence-corrected chi connectivity index (χ3v) is 5.48. The molecule has 5 nitrogen and oxygen atoms in total. The lowest BCUT2D eigenvalue weighted by Gasteiger charge is -2.09. The summed E-state index contributed by atoms with van der Waals surface area (Å²) in [7, 11) is -3.65. The van der Waals surface area contributed by atoms with Gasteiger partial charge in [0.15, 0.2) is 0 Å². The van der Waals surface area contributed by atoms with Crippen molar-refractivity contribution >= 4 is 15.9 Å². The van der Waals surface area contributed by atoms with Crippen molar-refractivity contribution in [2.24, 2.45) is 0 Å². The largest absolute Gasteiger partial charge is 0.352 e. The second kappa shape index (κ2) is 10.1. The molecule has 140 valence electrons. The molecular weight excluding hydrogens is 348 g/mol. The Morgan fingerprint density at radius 2 is 1.73 bits per heavy atom. The van der Waals surface area contributed by atoms with Crippen molar-refractivity contribution in [3.05, 3.63) is 65.7 Å². The van der Waals surface area contributed by atoms with Crippen LogP contribution < -0.4 is 10.0 Å². The fraction of sp³-hybridized carbons (Fsp3) is 0.350. The zero-order chi connectivity index (χ0) is 18.8. The van der Waals surface area contributed by atoms with Crippen LogP contribution in [0.3, 0.4) is 0 Å². The topological polar surface area (TPSA) is 75.3 Å². The molecule has 2 aromatic carbocycles. The van der Waals surface area contributed by atoms with Crippen molar-refractivity contribution in [2.75, 3.05) is 13.1 Å². The smallest absolute Gasteiger partial charge is 0.251 e. The minimum atomic E-state index is -3.65. The summed E-state index contributed by atoms with van der Waals surface area (Å²) in [6, 6.07) is 15.8. The molecular formula is C20H26N2O3S. The Labute approximate surface area is 155 Å². The first-order valence-electron chi connectivity index (χ1n) is 8.95. The van der Waals surface area contributed by atoms with E-state index in [4.69, 9.17) is 0 Å². The highest BCUT2D eigenvalue weighted by atomic mass is 32.2. The van der Waals surface area contributed by atoms with Gasteiger partial charge in [-0.2, -0.15) is 0 Å². The lowest BCUT2D eigenvalue weighted by molar-refractivity contribution is 0.0952. The third kappa shape index (κ3) is 6.28. The predicted molar refractivity (Wildman–Crippen MR) is 104 cm³/mol. The van der Waals surface area contributed by atoms with Crippen molar-refractivity contribution in [1.82, 2.24) is 10.0 Å². The van der Waals surface area contributed by atoms with E-state index in [9.17, 15) is 13.2 Å². The van der Waals surface area contributed by atoms with Gasteiger partial charge in [-0.25, -0.2) is 13.1 Å². The van der Waals surface area contributed by atoms with Crippen molar-refractivity contribution in [3.63, 3.8) is 0 Å². The molecule has 0 fully saturated rings. The first-order valence-corrected chi connectivity index (χ1v) is 10.4. The van der Waals surface area contributed by atoms with Crippen LogP contribution in [0.5, 0.6) is 0 Å². The Morgan fingerprint density at radius 3 is 2.46 bits per heavy atom. The fourth-order valence-electron chi connectivity index (χ4n) is 2.54. The van der Waals surface area contributed by atoms with Gasteiger partial charge in [0.25, 0.3) is 5.91 Å². The minimum Gasteiger partial charge on any atom is -0.352 e. The van der Waals surface area contributed by atoms with Gasteiger partial charge in [-0.15, -0.1) is 0 Å². The van der Waals surface area contributed by atoms with Crippen LogP contribution in [0.2, 0.25) is 0 Å². The number of unbranched alkanes of at least 4 members (excludes halogenated alkanes) is 2. The molecule has 0 spiro atoms. The van der Waals surface area contributed by atoms with E-state index in [1.165, 1.54) is 12.1 Å². The molecule has 2 rings (SSSR count). The van der Waals surface area contributed by atoms with Gasteiger partial charge >= 0.3 is 0 Å². The van der Waals surface area contributed by atoms with Gasteiger partial charge in [-0.05, 0) is 36.6 Å². The highest BCUT2D eigenvalue weighted by molar-refractivity contribution is 7.89. The summed E-state index contributed by atoms with van der Waals surface area (Å²) >= 11 is 0. The quantitative estimate of drug-likeness (QED) is 0.628. The first kappa shape index (κ1) is 20.1. The Hall–Kier alpha value is -2.18. The van der Waals surface area contributed by atoms with Crippen LogP contribution in [-0.2, 0) is 16.4 Å². The molecule has 0 unspecified atom stereocenters. The molecule has 0 heterocycles. The van der Waals surface area contributed by atoms with E-state index in [-0.39, 0.29) is 10.8 Å². The molecule has 0 aliphatic rings. The van der Waals surface area contributed by atoms with Gasteiger partial charge in [0.2, 0.25) is 10.0 Å². The normalized spacial score (nSPS) is 11.3. The number of hydrogen-bond donors (Lipinski definition) is 2. The monoisotopic (exact) mass is 374 g/mol. The van der Waals surface area contributed by atoms with Crippen molar-refractivity contribution in [2.45, 2.75) is 37.5 Å². The zero-order valence-electron chi connectivity index (χ0n) is 15.1. The second-order valence-corrected chi connectivity index (χ2v) is 7.89.